The SMILES string of the molecule is CCOC(=O)C(=O)Nc1sc(C(=O)Nc2cccc(C)c2)c(C)c1C(=O)OC. The van der Waals surface area contributed by atoms with E-state index in [0.29, 0.717) is 11.3 Å². The Morgan fingerprint density at radius 1 is 1.11 bits per heavy atom. The minimum Gasteiger partial charge on any atom is -0.465 e. The fourth-order valence-corrected chi connectivity index (χ4v) is 3.51. The molecule has 0 fully saturated rings. The van der Waals surface area contributed by atoms with Crippen LogP contribution in [0.3, 0.4) is 0 Å². The zero-order valence-electron chi connectivity index (χ0n) is 15.9. The molecule has 0 bridgehead atoms. The van der Waals surface area contributed by atoms with Crippen LogP contribution in [0.2, 0.25) is 0 Å². The summed E-state index contributed by atoms with van der Waals surface area (Å²) >= 11 is 0.873. The topological polar surface area (TPSA) is 111 Å². The minimum absolute atomic E-state index is 0.0135. The Balaban J connectivity index is 2.36. The van der Waals surface area contributed by atoms with Crippen molar-refractivity contribution in [2.45, 2.75) is 20.8 Å². The molecule has 8 nitrogen and oxygen atoms in total. The molecule has 2 aromatic rings. The second-order valence-electron chi connectivity index (χ2n) is 5.75. The van der Waals surface area contributed by atoms with Crippen LogP contribution in [-0.2, 0) is 19.1 Å². The number of carbonyl (C=O) groups is 4. The van der Waals surface area contributed by atoms with Crippen LogP contribution in [0.4, 0.5) is 10.7 Å². The molecule has 0 aliphatic carbocycles. The largest absolute Gasteiger partial charge is 0.465 e. The monoisotopic (exact) mass is 404 g/mol. The van der Waals surface area contributed by atoms with Crippen molar-refractivity contribution in [1.29, 1.82) is 0 Å². The number of anilines is 2. The van der Waals surface area contributed by atoms with E-state index >= 15 is 0 Å². The number of benzene rings is 1. The van der Waals surface area contributed by atoms with E-state index in [4.69, 9.17) is 4.74 Å². The van der Waals surface area contributed by atoms with Crippen molar-refractivity contribution >= 4 is 45.8 Å². The molecule has 0 saturated heterocycles. The number of methoxy groups -OCH3 is 1. The van der Waals surface area contributed by atoms with Gasteiger partial charge in [0.05, 0.1) is 24.2 Å². The maximum Gasteiger partial charge on any atom is 0.397 e. The van der Waals surface area contributed by atoms with Gasteiger partial charge in [-0.15, -0.1) is 11.3 Å². The molecular formula is C19H20N2O6S. The van der Waals surface area contributed by atoms with Gasteiger partial charge < -0.3 is 20.1 Å². The fraction of sp³-hybridized carbons (Fsp3) is 0.263. The van der Waals surface area contributed by atoms with Gasteiger partial charge in [-0.25, -0.2) is 9.59 Å². The lowest BCUT2D eigenvalue weighted by molar-refractivity contribution is -0.152. The third kappa shape index (κ3) is 4.74. The number of esters is 2. The van der Waals surface area contributed by atoms with Crippen LogP contribution >= 0.6 is 11.3 Å². The van der Waals surface area contributed by atoms with Gasteiger partial charge in [-0.1, -0.05) is 12.1 Å². The highest BCUT2D eigenvalue weighted by atomic mass is 32.1. The Morgan fingerprint density at radius 2 is 1.82 bits per heavy atom. The molecule has 0 spiro atoms. The molecule has 0 saturated carbocycles. The molecule has 2 N–H and O–H groups in total. The molecule has 9 heteroatoms. The zero-order valence-corrected chi connectivity index (χ0v) is 16.7. The molecule has 1 heterocycles. The Kier molecular flexibility index (Phi) is 6.89. The van der Waals surface area contributed by atoms with Gasteiger partial charge in [0.2, 0.25) is 0 Å². The first-order chi connectivity index (χ1) is 13.3. The van der Waals surface area contributed by atoms with Crippen molar-refractivity contribution in [2.75, 3.05) is 24.4 Å². The maximum atomic E-state index is 12.7. The molecule has 0 radical (unpaired) electrons. The van der Waals surface area contributed by atoms with Crippen molar-refractivity contribution in [1.82, 2.24) is 0 Å². The van der Waals surface area contributed by atoms with Gasteiger partial charge in [-0.3, -0.25) is 9.59 Å². The predicted molar refractivity (Wildman–Crippen MR) is 105 cm³/mol. The van der Waals surface area contributed by atoms with Crippen molar-refractivity contribution in [3.8, 4) is 0 Å². The van der Waals surface area contributed by atoms with E-state index in [2.05, 4.69) is 15.4 Å². The van der Waals surface area contributed by atoms with E-state index in [1.54, 1.807) is 32.0 Å². The third-order valence-corrected chi connectivity index (χ3v) is 4.91. The quantitative estimate of drug-likeness (QED) is 0.586. The van der Waals surface area contributed by atoms with Gasteiger partial charge >= 0.3 is 17.8 Å². The average molecular weight is 404 g/mol. The first-order valence-electron chi connectivity index (χ1n) is 8.36. The lowest BCUT2D eigenvalue weighted by Gasteiger charge is -2.06. The van der Waals surface area contributed by atoms with Crippen molar-refractivity contribution < 1.29 is 28.7 Å². The summed E-state index contributed by atoms with van der Waals surface area (Å²) in [6.45, 7) is 5.05. The van der Waals surface area contributed by atoms with Crippen LogP contribution in [0, 0.1) is 13.8 Å². The number of hydrogen-bond donors (Lipinski definition) is 2. The van der Waals surface area contributed by atoms with E-state index < -0.39 is 23.8 Å². The van der Waals surface area contributed by atoms with Crippen LogP contribution in [-0.4, -0.2) is 37.5 Å². The summed E-state index contributed by atoms with van der Waals surface area (Å²) in [5, 5.41) is 5.11. The number of amides is 2. The van der Waals surface area contributed by atoms with Crippen LogP contribution in [0.25, 0.3) is 0 Å². The smallest absolute Gasteiger partial charge is 0.397 e. The Labute approximate surface area is 165 Å². The Hall–Kier alpha value is -3.20. The fourth-order valence-electron chi connectivity index (χ4n) is 2.43. The van der Waals surface area contributed by atoms with Crippen molar-refractivity contribution in [3.05, 3.63) is 45.8 Å². The molecule has 0 aliphatic rings. The highest BCUT2D eigenvalue weighted by Gasteiger charge is 2.28. The lowest BCUT2D eigenvalue weighted by Crippen LogP contribution is -2.25. The van der Waals surface area contributed by atoms with E-state index in [0.717, 1.165) is 16.9 Å². The van der Waals surface area contributed by atoms with Gasteiger partial charge in [0.15, 0.2) is 0 Å². The number of ether oxygens (including phenoxy) is 2. The van der Waals surface area contributed by atoms with E-state index in [-0.39, 0.29) is 22.0 Å². The first-order valence-corrected chi connectivity index (χ1v) is 9.17. The molecule has 2 amide bonds. The average Bonchev–Trinajstić information content (AvgIpc) is 2.97. The first kappa shape index (κ1) is 21.1. The number of thiophene rings is 1. The second-order valence-corrected chi connectivity index (χ2v) is 6.77. The molecule has 148 valence electrons. The number of hydrogen-bond acceptors (Lipinski definition) is 7. The van der Waals surface area contributed by atoms with Crippen LogP contribution in [0.1, 0.15) is 38.1 Å². The number of rotatable bonds is 5. The Morgan fingerprint density at radius 3 is 2.43 bits per heavy atom. The molecular weight excluding hydrogens is 384 g/mol. The van der Waals surface area contributed by atoms with E-state index in [1.165, 1.54) is 7.11 Å². The zero-order chi connectivity index (χ0) is 20.8. The highest BCUT2D eigenvalue weighted by Crippen LogP contribution is 2.34. The molecule has 0 atom stereocenters. The lowest BCUT2D eigenvalue weighted by atomic mass is 10.1. The molecule has 0 aliphatic heterocycles. The normalized spacial score (nSPS) is 10.1. The van der Waals surface area contributed by atoms with E-state index in [9.17, 15) is 19.2 Å². The molecule has 0 unspecified atom stereocenters. The second kappa shape index (κ2) is 9.14. The summed E-state index contributed by atoms with van der Waals surface area (Å²) < 4.78 is 9.38. The van der Waals surface area contributed by atoms with Gasteiger partial charge in [-0.05, 0) is 44.0 Å². The third-order valence-electron chi connectivity index (χ3n) is 3.71. The van der Waals surface area contributed by atoms with Crippen molar-refractivity contribution in [3.63, 3.8) is 0 Å². The molecule has 1 aromatic heterocycles. The van der Waals surface area contributed by atoms with Gasteiger partial charge in [0.25, 0.3) is 5.91 Å². The number of aryl methyl sites for hydroxylation is 1. The maximum absolute atomic E-state index is 12.7. The van der Waals surface area contributed by atoms with Gasteiger partial charge in [0, 0.05) is 5.69 Å². The van der Waals surface area contributed by atoms with E-state index in [1.807, 2.05) is 13.0 Å². The predicted octanol–water partition coefficient (Wildman–Crippen LogP) is 2.91. The molecule has 2 rings (SSSR count). The summed E-state index contributed by atoms with van der Waals surface area (Å²) in [5.41, 5.74) is 1.91. The van der Waals surface area contributed by atoms with Crippen molar-refractivity contribution in [2.24, 2.45) is 0 Å². The van der Waals surface area contributed by atoms with Gasteiger partial charge in [-0.2, -0.15) is 0 Å². The molecule has 28 heavy (non-hydrogen) atoms. The summed E-state index contributed by atoms with van der Waals surface area (Å²) in [6, 6.07) is 7.23. The highest BCUT2D eigenvalue weighted by molar-refractivity contribution is 7.19. The van der Waals surface area contributed by atoms with Crippen LogP contribution < -0.4 is 10.6 Å². The van der Waals surface area contributed by atoms with Crippen LogP contribution in [0.5, 0.6) is 0 Å². The summed E-state index contributed by atoms with van der Waals surface area (Å²) in [4.78, 5) is 48.6. The number of nitrogens with one attached hydrogen (secondary N) is 2. The summed E-state index contributed by atoms with van der Waals surface area (Å²) in [7, 11) is 1.18. The summed E-state index contributed by atoms with van der Waals surface area (Å²) in [5.74, 6) is -3.31. The number of carbonyl (C=O) groups excluding carboxylic acids is 4. The Bertz CT molecular complexity index is 935. The standard InChI is InChI=1S/C19H20N2O6S/c1-5-27-19(25)16(23)21-17-13(18(24)26-4)11(3)14(28-17)15(22)20-12-8-6-7-10(2)9-12/h6-9H,5H2,1-4H3,(H,20,22)(H,21,23). The molecule has 1 aromatic carbocycles. The van der Waals surface area contributed by atoms with Crippen LogP contribution in [0.15, 0.2) is 24.3 Å². The van der Waals surface area contributed by atoms with Gasteiger partial charge in [0.1, 0.15) is 5.00 Å². The summed E-state index contributed by atoms with van der Waals surface area (Å²) in [6.07, 6.45) is 0. The minimum atomic E-state index is -1.09.